The molecule has 0 fully saturated rings. The number of urea groups is 1. The van der Waals surface area contributed by atoms with Crippen LogP contribution in [0.15, 0.2) is 73.1 Å². The molecule has 0 aliphatic rings. The number of carbonyl (C=O) groups excluding carboxylic acids is 1. The fourth-order valence-corrected chi connectivity index (χ4v) is 3.36. The number of rotatable bonds is 3. The lowest BCUT2D eigenvalue weighted by molar-refractivity contribution is 0.262. The highest BCUT2D eigenvalue weighted by Crippen LogP contribution is 2.24. The Morgan fingerprint density at radius 1 is 0.900 bits per heavy atom. The second kappa shape index (κ2) is 7.67. The summed E-state index contributed by atoms with van der Waals surface area (Å²) in [6, 6.07) is 19.4. The monoisotopic (exact) mass is 398 g/mol. The van der Waals surface area contributed by atoms with Gasteiger partial charge < -0.3 is 15.0 Å². The summed E-state index contributed by atoms with van der Waals surface area (Å²) in [5.41, 5.74) is 6.79. The van der Waals surface area contributed by atoms with Crippen molar-refractivity contribution in [3.05, 3.63) is 84.2 Å². The topological polar surface area (TPSA) is 58.4 Å². The van der Waals surface area contributed by atoms with E-state index in [9.17, 15) is 4.79 Å². The molecule has 0 radical (unpaired) electrons. The van der Waals surface area contributed by atoms with Crippen LogP contribution in [0.1, 0.15) is 31.9 Å². The molecule has 2 aromatic carbocycles. The lowest BCUT2D eigenvalue weighted by atomic mass is 9.87. The molecule has 0 bridgehead atoms. The highest BCUT2D eigenvalue weighted by molar-refractivity contribution is 5.99. The van der Waals surface area contributed by atoms with E-state index in [2.05, 4.69) is 44.4 Å². The third kappa shape index (κ3) is 4.20. The zero-order chi connectivity index (χ0) is 21.3. The predicted octanol–water partition coefficient (Wildman–Crippen LogP) is 6.25. The number of hydrogen-bond donors (Lipinski definition) is 2. The Morgan fingerprint density at radius 3 is 2.07 bits per heavy atom. The first-order valence-corrected chi connectivity index (χ1v) is 10.0. The van der Waals surface area contributed by atoms with E-state index in [1.165, 1.54) is 5.56 Å². The number of anilines is 2. The molecule has 30 heavy (non-hydrogen) atoms. The molecule has 0 aliphatic carbocycles. The molecule has 4 aromatic rings. The molecule has 2 aromatic heterocycles. The SMILES string of the molecule is Cc1cccn2cc(-c3ccc(NC(=O)Nc4ccc(C(C)(C)C)cc4)cc3)nc12. The molecule has 152 valence electrons. The Kier molecular flexibility index (Phi) is 5.04. The Hall–Kier alpha value is -3.60. The molecule has 4 rings (SSSR count). The maximum Gasteiger partial charge on any atom is 0.323 e. The van der Waals surface area contributed by atoms with Crippen molar-refractivity contribution < 1.29 is 4.79 Å². The van der Waals surface area contributed by atoms with Gasteiger partial charge in [-0.15, -0.1) is 0 Å². The second-order valence-electron chi connectivity index (χ2n) is 8.53. The van der Waals surface area contributed by atoms with Gasteiger partial charge in [0, 0.05) is 29.3 Å². The largest absolute Gasteiger partial charge is 0.323 e. The highest BCUT2D eigenvalue weighted by Gasteiger charge is 2.13. The van der Waals surface area contributed by atoms with Crippen molar-refractivity contribution in [2.75, 3.05) is 10.6 Å². The van der Waals surface area contributed by atoms with Gasteiger partial charge in [-0.2, -0.15) is 0 Å². The molecule has 0 saturated carbocycles. The summed E-state index contributed by atoms with van der Waals surface area (Å²) in [6.45, 7) is 8.55. The number of amides is 2. The minimum atomic E-state index is -0.269. The number of aryl methyl sites for hydroxylation is 1. The summed E-state index contributed by atoms with van der Waals surface area (Å²) in [5.74, 6) is 0. The van der Waals surface area contributed by atoms with Gasteiger partial charge in [0.2, 0.25) is 0 Å². The van der Waals surface area contributed by atoms with Gasteiger partial charge in [0.1, 0.15) is 5.65 Å². The summed E-state index contributed by atoms with van der Waals surface area (Å²) in [4.78, 5) is 17.1. The number of nitrogens with one attached hydrogen (secondary N) is 2. The Labute approximate surface area is 176 Å². The van der Waals surface area contributed by atoms with E-state index in [4.69, 9.17) is 4.98 Å². The molecule has 2 N–H and O–H groups in total. The van der Waals surface area contributed by atoms with E-state index in [-0.39, 0.29) is 11.4 Å². The van der Waals surface area contributed by atoms with Crippen LogP contribution in [0.5, 0.6) is 0 Å². The fourth-order valence-electron chi connectivity index (χ4n) is 3.36. The van der Waals surface area contributed by atoms with E-state index in [1.54, 1.807) is 0 Å². The molecule has 0 saturated heterocycles. The molecule has 2 heterocycles. The van der Waals surface area contributed by atoms with Gasteiger partial charge in [-0.3, -0.25) is 0 Å². The third-order valence-electron chi connectivity index (χ3n) is 5.13. The van der Waals surface area contributed by atoms with Crippen LogP contribution in [0.25, 0.3) is 16.9 Å². The Balaban J connectivity index is 1.42. The summed E-state index contributed by atoms with van der Waals surface area (Å²) >= 11 is 0. The zero-order valence-electron chi connectivity index (χ0n) is 17.7. The average molecular weight is 399 g/mol. The van der Waals surface area contributed by atoms with Crippen molar-refractivity contribution in [1.82, 2.24) is 9.38 Å². The number of imidazole rings is 1. The van der Waals surface area contributed by atoms with E-state index >= 15 is 0 Å². The van der Waals surface area contributed by atoms with Crippen LogP contribution in [0.4, 0.5) is 16.2 Å². The Bertz CT molecular complexity index is 1180. The van der Waals surface area contributed by atoms with Crippen LogP contribution in [0.3, 0.4) is 0 Å². The number of hydrogen-bond acceptors (Lipinski definition) is 2. The summed E-state index contributed by atoms with van der Waals surface area (Å²) in [5, 5.41) is 5.75. The number of fused-ring (bicyclic) bond motifs is 1. The smallest absolute Gasteiger partial charge is 0.308 e. The van der Waals surface area contributed by atoms with Crippen LogP contribution in [-0.2, 0) is 5.41 Å². The minimum absolute atomic E-state index is 0.0855. The van der Waals surface area contributed by atoms with Crippen molar-refractivity contribution in [1.29, 1.82) is 0 Å². The number of benzene rings is 2. The molecule has 0 spiro atoms. The molecule has 5 nitrogen and oxygen atoms in total. The van der Waals surface area contributed by atoms with Crippen LogP contribution >= 0.6 is 0 Å². The van der Waals surface area contributed by atoms with Crippen molar-refractivity contribution in [2.45, 2.75) is 33.1 Å². The Morgan fingerprint density at radius 2 is 1.50 bits per heavy atom. The summed E-state index contributed by atoms with van der Waals surface area (Å²) in [6.07, 6.45) is 4.01. The maximum atomic E-state index is 12.3. The summed E-state index contributed by atoms with van der Waals surface area (Å²) in [7, 11) is 0. The van der Waals surface area contributed by atoms with E-state index in [0.29, 0.717) is 0 Å². The van der Waals surface area contributed by atoms with Gasteiger partial charge in [-0.25, -0.2) is 9.78 Å². The van der Waals surface area contributed by atoms with Crippen LogP contribution in [-0.4, -0.2) is 15.4 Å². The quantitative estimate of drug-likeness (QED) is 0.428. The van der Waals surface area contributed by atoms with Gasteiger partial charge in [-0.1, -0.05) is 51.1 Å². The second-order valence-corrected chi connectivity index (χ2v) is 8.53. The first-order valence-electron chi connectivity index (χ1n) is 10.0. The van der Waals surface area contributed by atoms with Crippen molar-refractivity contribution in [3.63, 3.8) is 0 Å². The number of carbonyl (C=O) groups is 1. The number of nitrogens with zero attached hydrogens (tertiary/aromatic N) is 2. The minimum Gasteiger partial charge on any atom is -0.308 e. The predicted molar refractivity (Wildman–Crippen MR) is 123 cm³/mol. The molecule has 0 aliphatic heterocycles. The number of aromatic nitrogens is 2. The number of pyridine rings is 1. The molecular weight excluding hydrogens is 372 g/mol. The van der Waals surface area contributed by atoms with E-state index in [1.807, 2.05) is 71.4 Å². The van der Waals surface area contributed by atoms with Crippen molar-refractivity contribution in [2.24, 2.45) is 0 Å². The van der Waals surface area contributed by atoms with E-state index in [0.717, 1.165) is 33.8 Å². The first kappa shape index (κ1) is 19.7. The molecule has 5 heteroatoms. The van der Waals surface area contributed by atoms with Gasteiger partial charge in [-0.05, 0) is 53.8 Å². The summed E-state index contributed by atoms with van der Waals surface area (Å²) < 4.78 is 2.02. The van der Waals surface area contributed by atoms with Gasteiger partial charge in [0.25, 0.3) is 0 Å². The molecule has 0 unspecified atom stereocenters. The highest BCUT2D eigenvalue weighted by atomic mass is 16.2. The lowest BCUT2D eigenvalue weighted by Gasteiger charge is -2.19. The zero-order valence-corrected chi connectivity index (χ0v) is 17.7. The van der Waals surface area contributed by atoms with Gasteiger partial charge in [0.05, 0.1) is 5.69 Å². The van der Waals surface area contributed by atoms with Crippen molar-refractivity contribution in [3.8, 4) is 11.3 Å². The first-order chi connectivity index (χ1) is 14.3. The van der Waals surface area contributed by atoms with Crippen LogP contribution in [0.2, 0.25) is 0 Å². The molecular formula is C25H26N4O. The third-order valence-corrected chi connectivity index (χ3v) is 5.13. The normalized spacial score (nSPS) is 11.5. The standard InChI is InChI=1S/C25H26N4O/c1-17-6-5-15-29-16-22(28-23(17)29)18-7-11-20(12-8-18)26-24(30)27-21-13-9-19(10-14-21)25(2,3)4/h5-16H,1-4H3,(H2,26,27,30). The van der Waals surface area contributed by atoms with Crippen molar-refractivity contribution >= 4 is 23.1 Å². The van der Waals surface area contributed by atoms with Gasteiger partial charge in [0.15, 0.2) is 0 Å². The average Bonchev–Trinajstić information content (AvgIpc) is 3.14. The van der Waals surface area contributed by atoms with Gasteiger partial charge >= 0.3 is 6.03 Å². The molecule has 0 atom stereocenters. The van der Waals surface area contributed by atoms with Crippen LogP contribution < -0.4 is 10.6 Å². The van der Waals surface area contributed by atoms with Crippen LogP contribution in [0, 0.1) is 6.92 Å². The molecule has 2 amide bonds. The fraction of sp³-hybridized carbons (Fsp3) is 0.200. The van der Waals surface area contributed by atoms with E-state index < -0.39 is 0 Å². The maximum absolute atomic E-state index is 12.3. The lowest BCUT2D eigenvalue weighted by Crippen LogP contribution is -2.19.